The summed E-state index contributed by atoms with van der Waals surface area (Å²) < 4.78 is 17.0. The van der Waals surface area contributed by atoms with Crippen LogP contribution < -0.4 is 9.47 Å². The predicted octanol–water partition coefficient (Wildman–Crippen LogP) is 2.32. The third-order valence-electron chi connectivity index (χ3n) is 4.08. The van der Waals surface area contributed by atoms with E-state index in [2.05, 4.69) is 0 Å². The van der Waals surface area contributed by atoms with Gasteiger partial charge in [0.25, 0.3) is 0 Å². The van der Waals surface area contributed by atoms with Crippen molar-refractivity contribution in [1.82, 2.24) is 0 Å². The van der Waals surface area contributed by atoms with Crippen LogP contribution >= 0.6 is 0 Å². The van der Waals surface area contributed by atoms with Gasteiger partial charge in [-0.3, -0.25) is 0 Å². The maximum Gasteiger partial charge on any atom is 0.164 e. The predicted molar refractivity (Wildman–Crippen MR) is 75.4 cm³/mol. The third-order valence-corrected chi connectivity index (χ3v) is 4.08. The van der Waals surface area contributed by atoms with Crippen molar-refractivity contribution in [3.63, 3.8) is 0 Å². The van der Waals surface area contributed by atoms with Gasteiger partial charge in [0.2, 0.25) is 0 Å². The van der Waals surface area contributed by atoms with Gasteiger partial charge in [-0.15, -0.1) is 0 Å². The molecule has 20 heavy (non-hydrogen) atoms. The summed E-state index contributed by atoms with van der Waals surface area (Å²) in [5.41, 5.74) is 0.510. The lowest BCUT2D eigenvalue weighted by molar-refractivity contribution is 0.0237. The van der Waals surface area contributed by atoms with E-state index in [1.54, 1.807) is 7.11 Å². The normalized spacial score (nSPS) is 21.5. The molecule has 2 fully saturated rings. The van der Waals surface area contributed by atoms with Crippen LogP contribution in [0.3, 0.4) is 0 Å². The standard InChI is InChI=1S/C16H22O4/c1-18-14-4-2-3-12(11-16(17)7-8-16)15(14)20-13-5-9-19-10-6-13/h2-4,13,17H,5-11H2,1H3. The van der Waals surface area contributed by atoms with E-state index in [9.17, 15) is 5.11 Å². The molecule has 1 heterocycles. The average molecular weight is 278 g/mol. The van der Waals surface area contributed by atoms with E-state index in [1.807, 2.05) is 18.2 Å². The van der Waals surface area contributed by atoms with E-state index in [-0.39, 0.29) is 6.10 Å². The molecular formula is C16H22O4. The van der Waals surface area contributed by atoms with Crippen molar-refractivity contribution in [1.29, 1.82) is 0 Å². The zero-order chi connectivity index (χ0) is 14.0. The highest BCUT2D eigenvalue weighted by Crippen LogP contribution is 2.42. The molecule has 1 saturated heterocycles. The van der Waals surface area contributed by atoms with Crippen LogP contribution in [0.2, 0.25) is 0 Å². The molecule has 0 aromatic heterocycles. The summed E-state index contributed by atoms with van der Waals surface area (Å²) in [6.07, 6.45) is 4.38. The first-order chi connectivity index (χ1) is 9.70. The van der Waals surface area contributed by atoms with Gasteiger partial charge < -0.3 is 19.3 Å². The Morgan fingerprint density at radius 2 is 2.05 bits per heavy atom. The van der Waals surface area contributed by atoms with Crippen LogP contribution in [0.1, 0.15) is 31.2 Å². The fourth-order valence-corrected chi connectivity index (χ4v) is 2.63. The number of aliphatic hydroxyl groups is 1. The van der Waals surface area contributed by atoms with Gasteiger partial charge in [0, 0.05) is 24.8 Å². The highest BCUT2D eigenvalue weighted by Gasteiger charge is 2.41. The van der Waals surface area contributed by atoms with E-state index >= 15 is 0 Å². The Morgan fingerprint density at radius 3 is 2.70 bits per heavy atom. The minimum Gasteiger partial charge on any atom is -0.493 e. The average Bonchev–Trinajstić information content (AvgIpc) is 3.19. The van der Waals surface area contributed by atoms with Gasteiger partial charge in [-0.2, -0.15) is 0 Å². The Morgan fingerprint density at radius 1 is 1.30 bits per heavy atom. The van der Waals surface area contributed by atoms with Crippen LogP contribution in [0.4, 0.5) is 0 Å². The highest BCUT2D eigenvalue weighted by atomic mass is 16.5. The molecule has 0 atom stereocenters. The lowest BCUT2D eigenvalue weighted by atomic mass is 10.0. The zero-order valence-electron chi connectivity index (χ0n) is 11.9. The molecule has 1 aliphatic carbocycles. The minimum absolute atomic E-state index is 0.174. The summed E-state index contributed by atoms with van der Waals surface area (Å²) in [5.74, 6) is 1.54. The number of benzene rings is 1. The maximum absolute atomic E-state index is 10.2. The highest BCUT2D eigenvalue weighted by molar-refractivity contribution is 5.47. The van der Waals surface area contributed by atoms with E-state index in [0.717, 1.165) is 56.0 Å². The lowest BCUT2D eigenvalue weighted by Crippen LogP contribution is -2.26. The van der Waals surface area contributed by atoms with Gasteiger partial charge in [0.1, 0.15) is 6.10 Å². The Bertz CT molecular complexity index is 462. The Hall–Kier alpha value is -1.26. The van der Waals surface area contributed by atoms with Gasteiger partial charge >= 0.3 is 0 Å². The maximum atomic E-state index is 10.2. The summed E-state index contributed by atoms with van der Waals surface area (Å²) in [4.78, 5) is 0. The van der Waals surface area contributed by atoms with Crippen LogP contribution in [-0.2, 0) is 11.2 Å². The second kappa shape index (κ2) is 5.62. The van der Waals surface area contributed by atoms with E-state index < -0.39 is 5.60 Å². The smallest absolute Gasteiger partial charge is 0.164 e. The summed E-state index contributed by atoms with van der Waals surface area (Å²) >= 11 is 0. The van der Waals surface area contributed by atoms with Crippen LogP contribution in [0.15, 0.2) is 18.2 Å². The summed E-state index contributed by atoms with van der Waals surface area (Å²) in [7, 11) is 1.65. The van der Waals surface area contributed by atoms with E-state index in [1.165, 1.54) is 0 Å². The van der Waals surface area contributed by atoms with Crippen molar-refractivity contribution in [2.24, 2.45) is 0 Å². The molecule has 0 radical (unpaired) electrons. The molecule has 2 aliphatic rings. The SMILES string of the molecule is COc1cccc(CC2(O)CC2)c1OC1CCOCC1. The monoisotopic (exact) mass is 278 g/mol. The zero-order valence-corrected chi connectivity index (χ0v) is 11.9. The first kappa shape index (κ1) is 13.7. The number of hydrogen-bond acceptors (Lipinski definition) is 4. The first-order valence-electron chi connectivity index (χ1n) is 7.33. The topological polar surface area (TPSA) is 47.9 Å². The van der Waals surface area contributed by atoms with Crippen LogP contribution in [0.25, 0.3) is 0 Å². The fraction of sp³-hybridized carbons (Fsp3) is 0.625. The molecule has 0 bridgehead atoms. The molecule has 0 amide bonds. The summed E-state index contributed by atoms with van der Waals surface area (Å²) in [5, 5.41) is 10.2. The van der Waals surface area contributed by atoms with Crippen molar-refractivity contribution in [3.8, 4) is 11.5 Å². The van der Waals surface area contributed by atoms with Crippen molar-refractivity contribution in [3.05, 3.63) is 23.8 Å². The lowest BCUT2D eigenvalue weighted by Gasteiger charge is -2.26. The molecule has 1 aliphatic heterocycles. The molecule has 110 valence electrons. The number of methoxy groups -OCH3 is 1. The minimum atomic E-state index is -0.528. The quantitative estimate of drug-likeness (QED) is 0.898. The molecule has 4 nitrogen and oxygen atoms in total. The fourth-order valence-electron chi connectivity index (χ4n) is 2.63. The van der Waals surface area contributed by atoms with Crippen LogP contribution in [-0.4, -0.2) is 37.1 Å². The summed E-state index contributed by atoms with van der Waals surface area (Å²) in [6, 6.07) is 5.89. The Labute approximate surface area is 119 Å². The second-order valence-corrected chi connectivity index (χ2v) is 5.78. The molecular weight excluding hydrogens is 256 g/mol. The Kier molecular flexibility index (Phi) is 3.85. The molecule has 0 unspecified atom stereocenters. The number of rotatable bonds is 5. The number of hydrogen-bond donors (Lipinski definition) is 1. The molecule has 3 rings (SSSR count). The van der Waals surface area contributed by atoms with Crippen LogP contribution in [0.5, 0.6) is 11.5 Å². The van der Waals surface area contributed by atoms with Gasteiger partial charge in [0.05, 0.1) is 25.9 Å². The Balaban J connectivity index is 1.81. The number of ether oxygens (including phenoxy) is 3. The molecule has 4 heteroatoms. The van der Waals surface area contributed by atoms with Crippen LogP contribution in [0, 0.1) is 0 Å². The third kappa shape index (κ3) is 3.07. The van der Waals surface area contributed by atoms with Gasteiger partial charge in [-0.25, -0.2) is 0 Å². The summed E-state index contributed by atoms with van der Waals surface area (Å²) in [6.45, 7) is 1.50. The van der Waals surface area contributed by atoms with Gasteiger partial charge in [-0.05, 0) is 18.9 Å². The first-order valence-corrected chi connectivity index (χ1v) is 7.33. The molecule has 1 N–H and O–H groups in total. The van der Waals surface area contributed by atoms with E-state index in [4.69, 9.17) is 14.2 Å². The van der Waals surface area contributed by atoms with Crippen molar-refractivity contribution >= 4 is 0 Å². The van der Waals surface area contributed by atoms with Crippen molar-refractivity contribution in [2.45, 2.75) is 43.8 Å². The molecule has 1 saturated carbocycles. The molecule has 1 aromatic carbocycles. The largest absolute Gasteiger partial charge is 0.493 e. The van der Waals surface area contributed by atoms with Gasteiger partial charge in [0.15, 0.2) is 11.5 Å². The number of para-hydroxylation sites is 1. The second-order valence-electron chi connectivity index (χ2n) is 5.78. The van der Waals surface area contributed by atoms with Gasteiger partial charge in [-0.1, -0.05) is 12.1 Å². The van der Waals surface area contributed by atoms with E-state index in [0.29, 0.717) is 6.42 Å². The van der Waals surface area contributed by atoms with Crippen molar-refractivity contribution < 1.29 is 19.3 Å². The molecule has 0 spiro atoms. The molecule has 1 aromatic rings. The van der Waals surface area contributed by atoms with Crippen molar-refractivity contribution in [2.75, 3.05) is 20.3 Å².